The summed E-state index contributed by atoms with van der Waals surface area (Å²) in [7, 11) is 1.69. The Morgan fingerprint density at radius 3 is 2.88 bits per heavy atom. The van der Waals surface area contributed by atoms with Crippen LogP contribution in [0.5, 0.6) is 5.75 Å². The van der Waals surface area contributed by atoms with Crippen LogP contribution < -0.4 is 10.1 Å². The molecule has 0 heterocycles. The van der Waals surface area contributed by atoms with E-state index in [4.69, 9.17) is 4.74 Å². The van der Waals surface area contributed by atoms with E-state index < -0.39 is 0 Å². The van der Waals surface area contributed by atoms with E-state index in [1.165, 1.54) is 18.4 Å². The number of methoxy groups -OCH3 is 1. The highest BCUT2D eigenvalue weighted by Crippen LogP contribution is 2.32. The van der Waals surface area contributed by atoms with Gasteiger partial charge in [-0.3, -0.25) is 0 Å². The molecular formula is C14H21NO2. The predicted molar refractivity (Wildman–Crippen MR) is 68.2 cm³/mol. The highest BCUT2D eigenvalue weighted by atomic mass is 16.5. The molecule has 2 rings (SSSR count). The maximum absolute atomic E-state index is 9.75. The molecule has 0 aliphatic heterocycles. The zero-order valence-electron chi connectivity index (χ0n) is 10.6. The number of aliphatic hydroxyl groups is 1. The SMILES string of the molecule is COc1ccc(C)cc1CNCC(O)C1CC1. The standard InChI is InChI=1S/C14H21NO2/c1-10-3-6-14(17-2)12(7-10)8-15-9-13(16)11-4-5-11/h3,6-7,11,13,15-16H,4-5,8-9H2,1-2H3. The molecule has 0 bridgehead atoms. The molecule has 1 atom stereocenters. The molecule has 1 aliphatic rings. The molecule has 1 aromatic carbocycles. The molecule has 1 fully saturated rings. The van der Waals surface area contributed by atoms with E-state index in [0.29, 0.717) is 12.5 Å². The van der Waals surface area contributed by atoms with Gasteiger partial charge >= 0.3 is 0 Å². The first kappa shape index (κ1) is 12.4. The number of hydrogen-bond donors (Lipinski definition) is 2. The van der Waals surface area contributed by atoms with E-state index in [1.54, 1.807) is 7.11 Å². The van der Waals surface area contributed by atoms with Gasteiger partial charge < -0.3 is 15.2 Å². The Balaban J connectivity index is 1.86. The van der Waals surface area contributed by atoms with Crippen LogP contribution in [0.25, 0.3) is 0 Å². The number of hydrogen-bond acceptors (Lipinski definition) is 3. The van der Waals surface area contributed by atoms with E-state index in [9.17, 15) is 5.11 Å². The fraction of sp³-hybridized carbons (Fsp3) is 0.571. The van der Waals surface area contributed by atoms with Gasteiger partial charge in [0.1, 0.15) is 5.75 Å². The summed E-state index contributed by atoms with van der Waals surface area (Å²) in [5, 5.41) is 13.0. The van der Waals surface area contributed by atoms with Gasteiger partial charge in [0, 0.05) is 18.7 Å². The van der Waals surface area contributed by atoms with Crippen molar-refractivity contribution in [1.82, 2.24) is 5.32 Å². The van der Waals surface area contributed by atoms with E-state index >= 15 is 0 Å². The maximum atomic E-state index is 9.75. The van der Waals surface area contributed by atoms with Gasteiger partial charge in [-0.1, -0.05) is 17.7 Å². The number of nitrogens with one attached hydrogen (secondary N) is 1. The first-order chi connectivity index (χ1) is 8.20. The second kappa shape index (κ2) is 5.52. The Morgan fingerprint density at radius 1 is 1.47 bits per heavy atom. The van der Waals surface area contributed by atoms with Crippen molar-refractivity contribution in [2.24, 2.45) is 5.92 Å². The quantitative estimate of drug-likeness (QED) is 0.791. The summed E-state index contributed by atoms with van der Waals surface area (Å²) in [6, 6.07) is 6.15. The van der Waals surface area contributed by atoms with Gasteiger partial charge in [-0.05, 0) is 31.7 Å². The third-order valence-electron chi connectivity index (χ3n) is 3.27. The fourth-order valence-electron chi connectivity index (χ4n) is 2.05. The Hall–Kier alpha value is -1.06. The topological polar surface area (TPSA) is 41.5 Å². The van der Waals surface area contributed by atoms with Crippen LogP contribution in [-0.4, -0.2) is 24.9 Å². The van der Waals surface area contributed by atoms with Gasteiger partial charge in [0.05, 0.1) is 13.2 Å². The van der Waals surface area contributed by atoms with Gasteiger partial charge in [0.15, 0.2) is 0 Å². The molecule has 3 nitrogen and oxygen atoms in total. The minimum absolute atomic E-state index is 0.189. The first-order valence-electron chi connectivity index (χ1n) is 6.23. The number of ether oxygens (including phenoxy) is 1. The molecule has 1 aliphatic carbocycles. The lowest BCUT2D eigenvalue weighted by atomic mass is 10.1. The molecule has 1 aromatic rings. The molecule has 2 N–H and O–H groups in total. The van der Waals surface area contributed by atoms with Gasteiger partial charge in [-0.15, -0.1) is 0 Å². The summed E-state index contributed by atoms with van der Waals surface area (Å²) >= 11 is 0. The molecule has 94 valence electrons. The number of benzene rings is 1. The van der Waals surface area contributed by atoms with Crippen LogP contribution in [-0.2, 0) is 6.54 Å². The molecule has 1 unspecified atom stereocenters. The lowest BCUT2D eigenvalue weighted by molar-refractivity contribution is 0.148. The lowest BCUT2D eigenvalue weighted by Crippen LogP contribution is -2.27. The Labute approximate surface area is 103 Å². The van der Waals surface area contributed by atoms with Crippen LogP contribution in [0.2, 0.25) is 0 Å². The highest BCUT2D eigenvalue weighted by Gasteiger charge is 2.29. The van der Waals surface area contributed by atoms with Gasteiger partial charge in [0.2, 0.25) is 0 Å². The second-order valence-electron chi connectivity index (χ2n) is 4.85. The summed E-state index contributed by atoms with van der Waals surface area (Å²) in [4.78, 5) is 0. The van der Waals surface area contributed by atoms with Crippen molar-refractivity contribution in [3.63, 3.8) is 0 Å². The molecule has 0 aromatic heterocycles. The fourth-order valence-corrected chi connectivity index (χ4v) is 2.05. The van der Waals surface area contributed by atoms with Crippen LogP contribution >= 0.6 is 0 Å². The van der Waals surface area contributed by atoms with E-state index in [-0.39, 0.29) is 6.10 Å². The summed E-state index contributed by atoms with van der Waals surface area (Å²) in [6.07, 6.45) is 2.17. The average molecular weight is 235 g/mol. The second-order valence-corrected chi connectivity index (χ2v) is 4.85. The van der Waals surface area contributed by atoms with Crippen LogP contribution in [0.4, 0.5) is 0 Å². The Kier molecular flexibility index (Phi) is 4.02. The predicted octanol–water partition coefficient (Wildman–Crippen LogP) is 1.86. The zero-order chi connectivity index (χ0) is 12.3. The number of rotatable bonds is 6. The van der Waals surface area contributed by atoms with Crippen LogP contribution in [0.1, 0.15) is 24.0 Å². The third kappa shape index (κ3) is 3.45. The van der Waals surface area contributed by atoms with E-state index in [2.05, 4.69) is 18.3 Å². The van der Waals surface area contributed by atoms with E-state index in [0.717, 1.165) is 17.9 Å². The minimum Gasteiger partial charge on any atom is -0.496 e. The van der Waals surface area contributed by atoms with Crippen molar-refractivity contribution in [2.75, 3.05) is 13.7 Å². The monoisotopic (exact) mass is 235 g/mol. The van der Waals surface area contributed by atoms with Gasteiger partial charge in [-0.2, -0.15) is 0 Å². The summed E-state index contributed by atoms with van der Waals surface area (Å²) in [5.74, 6) is 1.44. The summed E-state index contributed by atoms with van der Waals surface area (Å²) < 4.78 is 5.32. The van der Waals surface area contributed by atoms with Crippen molar-refractivity contribution in [2.45, 2.75) is 32.4 Å². The largest absolute Gasteiger partial charge is 0.496 e. The van der Waals surface area contributed by atoms with Gasteiger partial charge in [-0.25, -0.2) is 0 Å². The Morgan fingerprint density at radius 2 is 2.24 bits per heavy atom. The number of aryl methyl sites for hydroxylation is 1. The van der Waals surface area contributed by atoms with Crippen molar-refractivity contribution < 1.29 is 9.84 Å². The minimum atomic E-state index is -0.189. The summed E-state index contributed by atoms with van der Waals surface area (Å²) in [6.45, 7) is 3.48. The van der Waals surface area contributed by atoms with E-state index in [1.807, 2.05) is 12.1 Å². The lowest BCUT2D eigenvalue weighted by Gasteiger charge is -2.13. The molecule has 0 spiro atoms. The molecule has 0 amide bonds. The molecule has 0 radical (unpaired) electrons. The molecule has 3 heteroatoms. The van der Waals surface area contributed by atoms with Crippen molar-refractivity contribution in [3.8, 4) is 5.75 Å². The van der Waals surface area contributed by atoms with Crippen LogP contribution in [0, 0.1) is 12.8 Å². The van der Waals surface area contributed by atoms with Crippen LogP contribution in [0.15, 0.2) is 18.2 Å². The normalized spacial score (nSPS) is 16.9. The molecule has 1 saturated carbocycles. The van der Waals surface area contributed by atoms with Crippen LogP contribution in [0.3, 0.4) is 0 Å². The number of aliphatic hydroxyl groups excluding tert-OH is 1. The maximum Gasteiger partial charge on any atom is 0.123 e. The van der Waals surface area contributed by atoms with Crippen molar-refractivity contribution >= 4 is 0 Å². The smallest absolute Gasteiger partial charge is 0.123 e. The van der Waals surface area contributed by atoms with Gasteiger partial charge in [0.25, 0.3) is 0 Å². The third-order valence-corrected chi connectivity index (χ3v) is 3.27. The van der Waals surface area contributed by atoms with Crippen molar-refractivity contribution in [1.29, 1.82) is 0 Å². The molecular weight excluding hydrogens is 214 g/mol. The summed E-state index contributed by atoms with van der Waals surface area (Å²) in [5.41, 5.74) is 2.38. The zero-order valence-corrected chi connectivity index (χ0v) is 10.6. The first-order valence-corrected chi connectivity index (χ1v) is 6.23. The Bertz CT molecular complexity index is 374. The average Bonchev–Trinajstić information content (AvgIpc) is 3.13. The molecule has 17 heavy (non-hydrogen) atoms. The van der Waals surface area contributed by atoms with Crippen molar-refractivity contribution in [3.05, 3.63) is 29.3 Å². The molecule has 0 saturated heterocycles. The highest BCUT2D eigenvalue weighted by molar-refractivity contribution is 5.36.